The molecular weight excluding hydrogens is 366 g/mol. The highest BCUT2D eigenvalue weighted by molar-refractivity contribution is 7.99. The lowest BCUT2D eigenvalue weighted by Gasteiger charge is -2.12. The lowest BCUT2D eigenvalue weighted by Crippen LogP contribution is -2.16. The molecule has 2 aromatic carbocycles. The van der Waals surface area contributed by atoms with Crippen LogP contribution in [0, 0.1) is 6.92 Å². The van der Waals surface area contributed by atoms with Gasteiger partial charge in [-0.2, -0.15) is 0 Å². The van der Waals surface area contributed by atoms with E-state index in [1.165, 1.54) is 17.3 Å². The number of sulfonamides is 1. The maximum Gasteiger partial charge on any atom is 0.209 e. The zero-order chi connectivity index (χ0) is 18.6. The quantitative estimate of drug-likeness (QED) is 0.496. The van der Waals surface area contributed by atoms with Crippen molar-refractivity contribution in [1.29, 1.82) is 0 Å². The monoisotopic (exact) mass is 387 g/mol. The van der Waals surface area contributed by atoms with Crippen molar-refractivity contribution >= 4 is 21.8 Å². The highest BCUT2D eigenvalue weighted by Crippen LogP contribution is 2.30. The summed E-state index contributed by atoms with van der Waals surface area (Å²) < 4.78 is 24.3. The lowest BCUT2D eigenvalue weighted by atomic mass is 10.1. The van der Waals surface area contributed by atoms with E-state index >= 15 is 0 Å². The predicted molar refractivity (Wildman–Crippen MR) is 107 cm³/mol. The van der Waals surface area contributed by atoms with E-state index in [4.69, 9.17) is 5.14 Å². The largest absolute Gasteiger partial charge is 0.287 e. The molecule has 0 aliphatic rings. The Morgan fingerprint density at radius 1 is 1.08 bits per heavy atom. The number of aromatic nitrogens is 2. The number of imidazole rings is 1. The number of hydrogen-bond acceptors (Lipinski definition) is 4. The van der Waals surface area contributed by atoms with Crippen LogP contribution >= 0.6 is 11.8 Å². The molecule has 0 aliphatic heterocycles. The molecule has 0 fully saturated rings. The molecule has 136 valence electrons. The molecule has 0 saturated heterocycles. The topological polar surface area (TPSA) is 78.0 Å². The van der Waals surface area contributed by atoms with Gasteiger partial charge in [0.2, 0.25) is 10.0 Å². The molecule has 0 radical (unpaired) electrons. The minimum atomic E-state index is -3.42. The Balaban J connectivity index is 1.91. The Bertz CT molecular complexity index is 966. The number of thioether (sulfide) groups is 1. The van der Waals surface area contributed by atoms with Crippen molar-refractivity contribution < 1.29 is 8.42 Å². The fraction of sp³-hybridized carbons (Fsp3) is 0.211. The third-order valence-corrected chi connectivity index (χ3v) is 5.79. The van der Waals surface area contributed by atoms with Crippen molar-refractivity contribution in [3.63, 3.8) is 0 Å². The normalized spacial score (nSPS) is 11.6. The van der Waals surface area contributed by atoms with Crippen LogP contribution in [0.5, 0.6) is 0 Å². The minimum Gasteiger partial charge on any atom is -0.287 e. The molecule has 0 aliphatic carbocycles. The average molecular weight is 388 g/mol. The molecule has 0 unspecified atom stereocenters. The number of para-hydroxylation sites is 1. The average Bonchev–Trinajstić information content (AvgIpc) is 3.03. The van der Waals surface area contributed by atoms with Gasteiger partial charge in [-0.3, -0.25) is 4.57 Å². The van der Waals surface area contributed by atoms with Crippen LogP contribution in [-0.2, 0) is 10.0 Å². The molecule has 0 bridgehead atoms. The van der Waals surface area contributed by atoms with E-state index in [-0.39, 0.29) is 5.75 Å². The molecule has 0 amide bonds. The smallest absolute Gasteiger partial charge is 0.209 e. The van der Waals surface area contributed by atoms with Crippen LogP contribution in [0.3, 0.4) is 0 Å². The molecule has 2 N–H and O–H groups in total. The maximum absolute atomic E-state index is 11.1. The van der Waals surface area contributed by atoms with Crippen LogP contribution in [0.1, 0.15) is 12.0 Å². The number of primary sulfonamides is 1. The number of nitrogens with zero attached hydrogens (tertiary/aromatic N) is 2. The van der Waals surface area contributed by atoms with Crippen molar-refractivity contribution in [2.24, 2.45) is 5.14 Å². The Kier molecular flexibility index (Phi) is 5.80. The minimum absolute atomic E-state index is 0.0170. The number of benzene rings is 2. The molecule has 1 heterocycles. The van der Waals surface area contributed by atoms with Crippen LogP contribution in [0.15, 0.2) is 66.0 Å². The van der Waals surface area contributed by atoms with Crippen LogP contribution in [-0.4, -0.2) is 29.5 Å². The van der Waals surface area contributed by atoms with E-state index in [0.717, 1.165) is 22.1 Å². The Morgan fingerprint density at radius 2 is 1.77 bits per heavy atom. The fourth-order valence-corrected chi connectivity index (χ4v) is 4.28. The summed E-state index contributed by atoms with van der Waals surface area (Å²) in [5, 5.41) is 5.90. The Hall–Kier alpha value is -2.09. The van der Waals surface area contributed by atoms with Gasteiger partial charge in [0, 0.05) is 17.0 Å². The van der Waals surface area contributed by atoms with Gasteiger partial charge < -0.3 is 0 Å². The second-order valence-corrected chi connectivity index (χ2v) is 8.83. The van der Waals surface area contributed by atoms with Gasteiger partial charge in [-0.15, -0.1) is 0 Å². The molecule has 0 atom stereocenters. The van der Waals surface area contributed by atoms with Gasteiger partial charge >= 0.3 is 0 Å². The first-order valence-corrected chi connectivity index (χ1v) is 11.0. The van der Waals surface area contributed by atoms with E-state index in [9.17, 15) is 8.42 Å². The summed E-state index contributed by atoms with van der Waals surface area (Å²) in [6.07, 6.45) is 2.35. The predicted octanol–water partition coefficient (Wildman–Crippen LogP) is 3.62. The second kappa shape index (κ2) is 8.07. The number of nitrogens with two attached hydrogens (primary N) is 1. The van der Waals surface area contributed by atoms with Crippen LogP contribution in [0.25, 0.3) is 16.9 Å². The second-order valence-electron chi connectivity index (χ2n) is 6.03. The summed E-state index contributed by atoms with van der Waals surface area (Å²) in [7, 11) is -3.42. The summed E-state index contributed by atoms with van der Waals surface area (Å²) in [6, 6.07) is 18.4. The first-order valence-electron chi connectivity index (χ1n) is 8.27. The van der Waals surface area contributed by atoms with Gasteiger partial charge in [0.25, 0.3) is 0 Å². The standard InChI is InChI=1S/C19H21N3O2S2/c1-15-8-10-16(11-9-15)18-14-21-19(25-12-5-13-26(20,23)24)22(18)17-6-3-2-4-7-17/h2-4,6-11,14H,5,12-13H2,1H3,(H2,20,23,24). The number of aryl methyl sites for hydroxylation is 1. The zero-order valence-electron chi connectivity index (χ0n) is 14.5. The van der Waals surface area contributed by atoms with E-state index in [1.54, 1.807) is 0 Å². The van der Waals surface area contributed by atoms with Crippen molar-refractivity contribution in [3.05, 3.63) is 66.4 Å². The lowest BCUT2D eigenvalue weighted by molar-refractivity contribution is 0.596. The molecule has 3 rings (SSSR count). The fourth-order valence-electron chi connectivity index (χ4n) is 2.61. The van der Waals surface area contributed by atoms with Crippen molar-refractivity contribution in [2.75, 3.05) is 11.5 Å². The molecule has 7 heteroatoms. The van der Waals surface area contributed by atoms with Gasteiger partial charge in [-0.1, -0.05) is 59.8 Å². The van der Waals surface area contributed by atoms with E-state index in [2.05, 4.69) is 40.7 Å². The highest BCUT2D eigenvalue weighted by atomic mass is 32.2. The molecule has 0 saturated carbocycles. The number of hydrogen-bond donors (Lipinski definition) is 1. The Morgan fingerprint density at radius 3 is 2.42 bits per heavy atom. The van der Waals surface area contributed by atoms with Gasteiger partial charge in [0.05, 0.1) is 17.6 Å². The van der Waals surface area contributed by atoms with Gasteiger partial charge in [0.15, 0.2) is 5.16 Å². The highest BCUT2D eigenvalue weighted by Gasteiger charge is 2.14. The first kappa shape index (κ1) is 18.7. The summed E-state index contributed by atoms with van der Waals surface area (Å²) in [5.74, 6) is 0.616. The van der Waals surface area contributed by atoms with Gasteiger partial charge in [-0.05, 0) is 25.5 Å². The van der Waals surface area contributed by atoms with Crippen molar-refractivity contribution in [3.8, 4) is 16.9 Å². The summed E-state index contributed by atoms with van der Waals surface area (Å²) in [6.45, 7) is 2.06. The SMILES string of the molecule is Cc1ccc(-c2cnc(SCCCS(N)(=O)=O)n2-c2ccccc2)cc1. The van der Waals surface area contributed by atoms with Crippen molar-refractivity contribution in [1.82, 2.24) is 9.55 Å². The molecular formula is C19H21N3O2S2. The van der Waals surface area contributed by atoms with Gasteiger partial charge in [-0.25, -0.2) is 18.5 Å². The summed E-state index contributed by atoms with van der Waals surface area (Å²) in [4.78, 5) is 4.57. The molecule has 1 aromatic heterocycles. The van der Waals surface area contributed by atoms with E-state index in [0.29, 0.717) is 12.2 Å². The summed E-state index contributed by atoms with van der Waals surface area (Å²) in [5.41, 5.74) is 4.32. The number of rotatable bonds is 7. The van der Waals surface area contributed by atoms with E-state index in [1.807, 2.05) is 36.5 Å². The first-order chi connectivity index (χ1) is 12.4. The van der Waals surface area contributed by atoms with E-state index < -0.39 is 10.0 Å². The maximum atomic E-state index is 11.1. The third kappa shape index (κ3) is 4.75. The molecule has 0 spiro atoms. The van der Waals surface area contributed by atoms with Crippen LogP contribution < -0.4 is 5.14 Å². The Labute approximate surface area is 158 Å². The third-order valence-electron chi connectivity index (χ3n) is 3.90. The van der Waals surface area contributed by atoms with Crippen molar-refractivity contribution in [2.45, 2.75) is 18.5 Å². The zero-order valence-corrected chi connectivity index (χ0v) is 16.1. The van der Waals surface area contributed by atoms with Crippen LogP contribution in [0.2, 0.25) is 0 Å². The van der Waals surface area contributed by atoms with Gasteiger partial charge in [0.1, 0.15) is 0 Å². The molecule has 3 aromatic rings. The molecule has 26 heavy (non-hydrogen) atoms. The van der Waals surface area contributed by atoms with Crippen LogP contribution in [0.4, 0.5) is 0 Å². The molecule has 5 nitrogen and oxygen atoms in total. The summed E-state index contributed by atoms with van der Waals surface area (Å²) >= 11 is 1.53.